The van der Waals surface area contributed by atoms with Crippen molar-refractivity contribution in [1.82, 2.24) is 24.8 Å². The van der Waals surface area contributed by atoms with Gasteiger partial charge < -0.3 is 9.88 Å². The molecule has 0 unspecified atom stereocenters. The molecule has 2 aromatic carbocycles. The summed E-state index contributed by atoms with van der Waals surface area (Å²) in [5.74, 6) is -0.0785. The average molecular weight is 615 g/mol. The average Bonchev–Trinajstić information content (AvgIpc) is 3.83. The van der Waals surface area contributed by atoms with E-state index in [0.29, 0.717) is 43.4 Å². The first kappa shape index (κ1) is 29.5. The quantitative estimate of drug-likeness (QED) is 0.276. The molecule has 0 bridgehead atoms. The highest BCUT2D eigenvalue weighted by atomic mass is 32.2. The summed E-state index contributed by atoms with van der Waals surface area (Å²) in [6.45, 7) is 6.00. The van der Waals surface area contributed by atoms with E-state index in [4.69, 9.17) is 0 Å². The normalized spacial score (nSPS) is 17.4. The molecule has 3 N–H and O–H groups in total. The number of aromatic amines is 2. The third kappa shape index (κ3) is 6.22. The number of hydrogen-bond donors (Lipinski definition) is 3. The summed E-state index contributed by atoms with van der Waals surface area (Å²) in [5.41, 5.74) is 3.25. The topological polar surface area (TPSA) is 148 Å². The van der Waals surface area contributed by atoms with Gasteiger partial charge in [-0.3, -0.25) is 24.3 Å². The highest BCUT2D eigenvalue weighted by molar-refractivity contribution is 7.92. The Morgan fingerprint density at radius 1 is 1.00 bits per heavy atom. The smallest absolute Gasteiger partial charge is 0.264 e. The summed E-state index contributed by atoms with van der Waals surface area (Å²) in [6, 6.07) is 16.5. The van der Waals surface area contributed by atoms with Crippen LogP contribution in [-0.4, -0.2) is 64.8 Å². The first-order valence-electron chi connectivity index (χ1n) is 14.6. The van der Waals surface area contributed by atoms with Gasteiger partial charge in [-0.25, -0.2) is 18.1 Å². The molecular weight excluding hydrogens is 580 g/mol. The minimum Gasteiger partial charge on any atom is -0.333 e. The number of benzene rings is 2. The molecule has 0 spiro atoms. The Balaban J connectivity index is 1.21. The van der Waals surface area contributed by atoms with Gasteiger partial charge in [0.25, 0.3) is 27.0 Å². The number of aromatic nitrogens is 3. The van der Waals surface area contributed by atoms with Gasteiger partial charge in [-0.2, -0.15) is 0 Å². The van der Waals surface area contributed by atoms with Crippen molar-refractivity contribution in [1.29, 1.82) is 0 Å². The van der Waals surface area contributed by atoms with Gasteiger partial charge in [-0.1, -0.05) is 30.3 Å². The van der Waals surface area contributed by atoms with Crippen molar-refractivity contribution in [3.63, 3.8) is 0 Å². The Morgan fingerprint density at radius 3 is 2.48 bits per heavy atom. The minimum absolute atomic E-state index is 0.0284. The summed E-state index contributed by atoms with van der Waals surface area (Å²) < 4.78 is 29.3. The van der Waals surface area contributed by atoms with Crippen LogP contribution in [0.3, 0.4) is 0 Å². The van der Waals surface area contributed by atoms with Crippen LogP contribution >= 0.6 is 0 Å². The molecule has 1 aliphatic carbocycles. The molecule has 44 heavy (non-hydrogen) atoms. The fourth-order valence-electron chi connectivity index (χ4n) is 5.97. The molecule has 1 amide bonds. The van der Waals surface area contributed by atoms with E-state index < -0.39 is 15.6 Å². The van der Waals surface area contributed by atoms with Crippen molar-refractivity contribution in [2.45, 2.75) is 44.2 Å². The fraction of sp³-hybridized carbons (Fsp3) is 0.312. The first-order valence-corrected chi connectivity index (χ1v) is 16.1. The summed E-state index contributed by atoms with van der Waals surface area (Å²) in [5, 5.41) is 0. The number of pyridine rings is 1. The van der Waals surface area contributed by atoms with Crippen LogP contribution in [0, 0.1) is 19.8 Å². The maximum Gasteiger partial charge on any atom is 0.264 e. The number of carbonyl (C=O) groups is 1. The van der Waals surface area contributed by atoms with Gasteiger partial charge in [0.1, 0.15) is 0 Å². The van der Waals surface area contributed by atoms with Gasteiger partial charge in [-0.05, 0) is 68.0 Å². The molecule has 1 aliphatic heterocycles. The van der Waals surface area contributed by atoms with Crippen molar-refractivity contribution in [3.8, 4) is 11.3 Å². The van der Waals surface area contributed by atoms with Crippen LogP contribution in [0.25, 0.3) is 11.3 Å². The summed E-state index contributed by atoms with van der Waals surface area (Å²) in [4.78, 5) is 52.0. The first-order chi connectivity index (χ1) is 21.1. The van der Waals surface area contributed by atoms with E-state index in [0.717, 1.165) is 29.5 Å². The number of aryl methyl sites for hydroxylation is 2. The highest BCUT2D eigenvalue weighted by Crippen LogP contribution is 2.38. The molecule has 4 aromatic rings. The van der Waals surface area contributed by atoms with Crippen molar-refractivity contribution < 1.29 is 13.2 Å². The molecule has 11 nitrogen and oxygen atoms in total. The number of nitrogens with one attached hydrogen (secondary N) is 3. The zero-order chi connectivity index (χ0) is 31.0. The van der Waals surface area contributed by atoms with Crippen molar-refractivity contribution in [2.24, 2.45) is 5.92 Å². The zero-order valence-corrected chi connectivity index (χ0v) is 25.4. The fourth-order valence-corrected chi connectivity index (χ4v) is 6.98. The van der Waals surface area contributed by atoms with E-state index in [2.05, 4.69) is 24.6 Å². The van der Waals surface area contributed by atoms with Gasteiger partial charge in [-0.15, -0.1) is 0 Å². The predicted octanol–water partition coefficient (Wildman–Crippen LogP) is 3.28. The van der Waals surface area contributed by atoms with E-state index in [9.17, 15) is 22.8 Å². The Morgan fingerprint density at radius 2 is 1.75 bits per heavy atom. The van der Waals surface area contributed by atoms with Gasteiger partial charge in [0, 0.05) is 61.2 Å². The van der Waals surface area contributed by atoms with E-state index in [1.54, 1.807) is 18.3 Å². The maximum absolute atomic E-state index is 13.8. The number of carbonyl (C=O) groups excluding carboxylic acids is 1. The molecule has 1 saturated carbocycles. The van der Waals surface area contributed by atoms with E-state index in [1.165, 1.54) is 24.3 Å². The molecule has 1 saturated heterocycles. The number of piperazine rings is 1. The Labute approximate surface area is 255 Å². The number of anilines is 1. The van der Waals surface area contributed by atoms with E-state index in [1.807, 2.05) is 43.0 Å². The minimum atomic E-state index is -4.20. The monoisotopic (exact) mass is 614 g/mol. The number of nitrogens with zero attached hydrogens (tertiary/aromatic N) is 3. The number of rotatable bonds is 8. The van der Waals surface area contributed by atoms with Crippen LogP contribution < -0.4 is 15.8 Å². The molecular formula is C32H34N6O5S. The Hall–Kier alpha value is -4.55. The zero-order valence-electron chi connectivity index (χ0n) is 24.5. The number of H-pyrrole nitrogens is 2. The van der Waals surface area contributed by atoms with E-state index >= 15 is 0 Å². The SMILES string of the molecule is Cc1cccc(C)c1-c1cc(=O)[nH]c(NS(=O)(=O)c2cccc(C(=O)N3CCN(Cc4ccc[nH]c4=O)C[C@@H]3C3CC3)c2)n1. The number of hydrogen-bond acceptors (Lipinski definition) is 7. The van der Waals surface area contributed by atoms with Crippen molar-refractivity contribution in [2.75, 3.05) is 24.4 Å². The van der Waals surface area contributed by atoms with Gasteiger partial charge in [0.15, 0.2) is 0 Å². The molecule has 1 atom stereocenters. The maximum atomic E-state index is 13.8. The lowest BCUT2D eigenvalue weighted by Gasteiger charge is -2.42. The number of sulfonamides is 1. The van der Waals surface area contributed by atoms with Gasteiger partial charge in [0.05, 0.1) is 10.6 Å². The third-order valence-corrected chi connectivity index (χ3v) is 9.66. The van der Waals surface area contributed by atoms with Crippen LogP contribution in [0.5, 0.6) is 0 Å². The van der Waals surface area contributed by atoms with E-state index in [-0.39, 0.29) is 33.9 Å². The van der Waals surface area contributed by atoms with Gasteiger partial charge in [0.2, 0.25) is 5.95 Å². The molecule has 12 heteroatoms. The molecule has 2 fully saturated rings. The summed E-state index contributed by atoms with van der Waals surface area (Å²) >= 11 is 0. The second-order valence-corrected chi connectivity index (χ2v) is 13.2. The standard InChI is InChI=1S/C32H34N6O5S/c1-20-6-3-7-21(2)29(20)26-17-28(39)35-32(34-26)36-44(42,43)25-10-4-8-23(16-25)31(41)38-15-14-37(19-27(38)22-11-12-22)18-24-9-5-13-33-30(24)40/h3-10,13,16-17,22,27H,11-12,14-15,18-19H2,1-2H3,(H,33,40)(H2,34,35,36,39)/t27-/m1/s1. The lowest BCUT2D eigenvalue weighted by molar-refractivity contribution is 0.0387. The largest absolute Gasteiger partial charge is 0.333 e. The molecule has 2 aromatic heterocycles. The Kier molecular flexibility index (Phi) is 7.95. The third-order valence-electron chi connectivity index (χ3n) is 8.32. The van der Waals surface area contributed by atoms with Crippen molar-refractivity contribution in [3.05, 3.63) is 110 Å². The second kappa shape index (κ2) is 11.9. The van der Waals surface area contributed by atoms with Crippen LogP contribution in [0.1, 0.15) is 39.9 Å². The Bertz CT molecular complexity index is 1930. The van der Waals surface area contributed by atoms with Crippen LogP contribution in [0.4, 0.5) is 5.95 Å². The second-order valence-electron chi connectivity index (χ2n) is 11.5. The van der Waals surface area contributed by atoms with Crippen LogP contribution in [0.15, 0.2) is 81.3 Å². The highest BCUT2D eigenvalue weighted by Gasteiger charge is 2.41. The lowest BCUT2D eigenvalue weighted by Crippen LogP contribution is -2.56. The van der Waals surface area contributed by atoms with Gasteiger partial charge >= 0.3 is 0 Å². The lowest BCUT2D eigenvalue weighted by atomic mass is 10.00. The summed E-state index contributed by atoms with van der Waals surface area (Å²) in [7, 11) is -4.20. The van der Waals surface area contributed by atoms with Crippen LogP contribution in [0.2, 0.25) is 0 Å². The number of amides is 1. The van der Waals surface area contributed by atoms with Crippen molar-refractivity contribution >= 4 is 21.9 Å². The molecule has 0 radical (unpaired) electrons. The van der Waals surface area contributed by atoms with Crippen LogP contribution in [-0.2, 0) is 16.6 Å². The molecule has 2 aliphatic rings. The molecule has 3 heterocycles. The predicted molar refractivity (Wildman–Crippen MR) is 167 cm³/mol. The summed E-state index contributed by atoms with van der Waals surface area (Å²) in [6.07, 6.45) is 3.66. The molecule has 6 rings (SSSR count). The molecule has 228 valence electrons.